The normalized spacial score (nSPS) is 15.4. The molecule has 260 valence electrons. The van der Waals surface area contributed by atoms with Gasteiger partial charge < -0.3 is 31.3 Å². The first-order valence-electron chi connectivity index (χ1n) is 16.8. The second-order valence-corrected chi connectivity index (χ2v) is 13.5. The summed E-state index contributed by atoms with van der Waals surface area (Å²) in [4.78, 5) is 41.2. The van der Waals surface area contributed by atoms with Crippen LogP contribution in [0.5, 0.6) is 0 Å². The Hall–Kier alpha value is -4.67. The van der Waals surface area contributed by atoms with E-state index in [4.69, 9.17) is 20.4 Å². The van der Waals surface area contributed by atoms with Crippen molar-refractivity contribution in [3.8, 4) is 0 Å². The van der Waals surface area contributed by atoms with Gasteiger partial charge in [0.1, 0.15) is 11.3 Å². The quantitative estimate of drug-likeness (QED) is 0.133. The fourth-order valence-electron chi connectivity index (χ4n) is 4.94. The van der Waals surface area contributed by atoms with Crippen LogP contribution in [0.4, 0.5) is 39.3 Å². The summed E-state index contributed by atoms with van der Waals surface area (Å²) >= 11 is 0. The van der Waals surface area contributed by atoms with Crippen LogP contribution < -0.4 is 26.6 Å². The average Bonchev–Trinajstić information content (AvgIpc) is 3.02. The minimum Gasteiger partial charge on any atom is -0.444 e. The number of nitrogens with two attached hydrogens (primary N) is 1. The lowest BCUT2D eigenvalue weighted by atomic mass is 9.96. The first-order valence-corrected chi connectivity index (χ1v) is 16.8. The van der Waals surface area contributed by atoms with Crippen molar-refractivity contribution in [2.24, 2.45) is 16.8 Å². The number of nitrogen functional groups attached to an aromatic ring is 1. The van der Waals surface area contributed by atoms with Gasteiger partial charge in [0.25, 0.3) is 5.91 Å². The van der Waals surface area contributed by atoms with E-state index in [1.807, 2.05) is 58.9 Å². The fraction of sp³-hybridized carbons (Fsp3) is 0.486. The first kappa shape index (κ1) is 37.8. The van der Waals surface area contributed by atoms with Gasteiger partial charge in [0.2, 0.25) is 5.95 Å². The van der Waals surface area contributed by atoms with Crippen molar-refractivity contribution in [2.45, 2.75) is 93.2 Å². The molecule has 1 aromatic heterocycles. The van der Waals surface area contributed by atoms with Gasteiger partial charge in [-0.15, -0.1) is 0 Å². The number of piperidine rings is 1. The number of amides is 2. The molecule has 2 unspecified atom stereocenters. The molecule has 0 bridgehead atoms. The summed E-state index contributed by atoms with van der Waals surface area (Å²) < 4.78 is 5.44. The molecule has 11 nitrogen and oxygen atoms in total. The molecule has 11 heteroatoms. The van der Waals surface area contributed by atoms with Crippen LogP contribution in [0.1, 0.15) is 90.7 Å². The number of nitrogens with one attached hydrogen (secondary N) is 3. The van der Waals surface area contributed by atoms with Crippen LogP contribution in [0.25, 0.3) is 0 Å². The van der Waals surface area contributed by atoms with Gasteiger partial charge in [-0.05, 0) is 102 Å². The maximum absolute atomic E-state index is 12.7. The van der Waals surface area contributed by atoms with Crippen LogP contribution in [0.3, 0.4) is 0 Å². The van der Waals surface area contributed by atoms with Gasteiger partial charge in [-0.3, -0.25) is 9.79 Å². The zero-order valence-corrected chi connectivity index (χ0v) is 30.1. The molecule has 0 saturated carbocycles. The predicted octanol–water partition coefficient (Wildman–Crippen LogP) is 8.27. The second-order valence-electron chi connectivity index (χ2n) is 13.5. The summed E-state index contributed by atoms with van der Waals surface area (Å²) in [6, 6.07) is 14.0. The highest BCUT2D eigenvalue weighted by atomic mass is 16.6. The molecule has 2 heterocycles. The van der Waals surface area contributed by atoms with Crippen molar-refractivity contribution < 1.29 is 14.3 Å². The molecule has 2 amide bonds. The van der Waals surface area contributed by atoms with E-state index in [0.717, 1.165) is 36.9 Å². The lowest BCUT2D eigenvalue weighted by Gasteiger charge is -2.34. The van der Waals surface area contributed by atoms with E-state index in [-0.39, 0.29) is 11.9 Å². The molecule has 2 atom stereocenters. The number of carbonyl (C=O) groups is 2. The van der Waals surface area contributed by atoms with E-state index in [2.05, 4.69) is 53.5 Å². The zero-order valence-electron chi connectivity index (χ0n) is 30.1. The molecular weight excluding hydrogens is 604 g/mol. The molecular formula is C37H54N8O3. The molecule has 48 heavy (non-hydrogen) atoms. The van der Waals surface area contributed by atoms with Gasteiger partial charge in [0.05, 0.1) is 5.69 Å². The Labute approximate surface area is 286 Å². The number of anilines is 5. The standard InChI is InChI=1S/C30H38N8O3.C7H16/c1-6-32-25-19(2)33-28(38-16-8-11-24(18-38)36-29(40)41-30(3,4)5)37-26(25)34-22-9-7-10-23(17-22)35-27(39)20-12-14-21(31)15-13-20;1-5-7(4)6(2)3/h6-7,9-10,12-15,17,24H,8,11,16,18,31H2,1-5H3,(H,35,39)(H,36,40)(H,33,34,37);6-7H,5H2,1-4H3. The van der Waals surface area contributed by atoms with Crippen molar-refractivity contribution in [3.63, 3.8) is 0 Å². The Kier molecular flexibility index (Phi) is 13.8. The van der Waals surface area contributed by atoms with Crippen molar-refractivity contribution in [1.82, 2.24) is 15.3 Å². The summed E-state index contributed by atoms with van der Waals surface area (Å²) in [6.07, 6.45) is 4.29. The summed E-state index contributed by atoms with van der Waals surface area (Å²) in [5, 5.41) is 9.25. The van der Waals surface area contributed by atoms with E-state index in [1.54, 1.807) is 30.5 Å². The van der Waals surface area contributed by atoms with Crippen LogP contribution in [-0.2, 0) is 4.74 Å². The summed E-state index contributed by atoms with van der Waals surface area (Å²) in [6.45, 7) is 19.6. The van der Waals surface area contributed by atoms with E-state index >= 15 is 0 Å². The third-order valence-corrected chi connectivity index (χ3v) is 8.07. The van der Waals surface area contributed by atoms with Crippen molar-refractivity contribution in [3.05, 3.63) is 59.8 Å². The molecule has 1 aliphatic heterocycles. The van der Waals surface area contributed by atoms with Crippen LogP contribution in [-0.4, -0.2) is 52.9 Å². The number of aryl methyl sites for hydroxylation is 1. The van der Waals surface area contributed by atoms with Crippen molar-refractivity contribution >= 4 is 52.7 Å². The Balaban J connectivity index is 0.000000804. The third-order valence-electron chi connectivity index (χ3n) is 8.07. The van der Waals surface area contributed by atoms with E-state index in [9.17, 15) is 9.59 Å². The maximum atomic E-state index is 12.7. The summed E-state index contributed by atoms with van der Waals surface area (Å²) in [5.74, 6) is 2.61. The highest BCUT2D eigenvalue weighted by Crippen LogP contribution is 2.32. The molecule has 3 aromatic rings. The molecule has 5 N–H and O–H groups in total. The van der Waals surface area contributed by atoms with Crippen LogP contribution in [0.15, 0.2) is 53.5 Å². The number of aromatic nitrogens is 2. The average molecular weight is 659 g/mol. The Morgan fingerprint density at radius 2 is 1.79 bits per heavy atom. The third kappa shape index (κ3) is 11.8. The van der Waals surface area contributed by atoms with Gasteiger partial charge in [-0.1, -0.05) is 40.2 Å². The van der Waals surface area contributed by atoms with Crippen LogP contribution in [0.2, 0.25) is 0 Å². The van der Waals surface area contributed by atoms with Gasteiger partial charge in [0, 0.05) is 48.0 Å². The van der Waals surface area contributed by atoms with Crippen molar-refractivity contribution in [1.29, 1.82) is 0 Å². The number of ether oxygens (including phenoxy) is 1. The Morgan fingerprint density at radius 1 is 1.10 bits per heavy atom. The van der Waals surface area contributed by atoms with Crippen LogP contribution >= 0.6 is 0 Å². The highest BCUT2D eigenvalue weighted by molar-refractivity contribution is 6.04. The minimum atomic E-state index is -0.564. The minimum absolute atomic E-state index is 0.0893. The van der Waals surface area contributed by atoms with Crippen LogP contribution in [0, 0.1) is 18.8 Å². The molecule has 0 radical (unpaired) electrons. The second kappa shape index (κ2) is 17.5. The number of alkyl carbamates (subject to hydrolysis) is 1. The number of hydrogen-bond donors (Lipinski definition) is 4. The fourth-order valence-corrected chi connectivity index (χ4v) is 4.94. The molecule has 4 rings (SSSR count). The molecule has 0 aliphatic carbocycles. The highest BCUT2D eigenvalue weighted by Gasteiger charge is 2.26. The van der Waals surface area contributed by atoms with Crippen molar-refractivity contribution in [2.75, 3.05) is 34.4 Å². The van der Waals surface area contributed by atoms with E-state index in [1.165, 1.54) is 6.42 Å². The van der Waals surface area contributed by atoms with Gasteiger partial charge in [-0.25, -0.2) is 9.78 Å². The first-order chi connectivity index (χ1) is 22.7. The molecule has 2 aromatic carbocycles. The number of aliphatic imine (C=N–C) groups is 1. The lowest BCUT2D eigenvalue weighted by Crippen LogP contribution is -2.49. The van der Waals surface area contributed by atoms with E-state index in [0.29, 0.717) is 46.6 Å². The molecule has 1 fully saturated rings. The number of nitrogens with zero attached hydrogens (tertiary/aromatic N) is 4. The SMILES string of the molecule is CC=Nc1c(C)nc(N2CCCC(NC(=O)OC(C)(C)C)C2)nc1Nc1cccc(NC(=O)c2ccc(N)cc2)c1.CCC(C)C(C)C. The van der Waals surface area contributed by atoms with Gasteiger partial charge in [-0.2, -0.15) is 4.98 Å². The summed E-state index contributed by atoms with van der Waals surface area (Å²) in [5.41, 5.74) is 8.95. The molecule has 1 aliphatic rings. The Bertz CT molecular complexity index is 1530. The molecule has 0 spiro atoms. The lowest BCUT2D eigenvalue weighted by molar-refractivity contribution is 0.0499. The number of carbonyl (C=O) groups excluding carboxylic acids is 2. The topological polar surface area (TPSA) is 147 Å². The number of benzene rings is 2. The van der Waals surface area contributed by atoms with Gasteiger partial charge in [0.15, 0.2) is 5.82 Å². The monoisotopic (exact) mass is 658 g/mol. The Morgan fingerprint density at radius 3 is 2.40 bits per heavy atom. The number of hydrogen-bond acceptors (Lipinski definition) is 9. The maximum Gasteiger partial charge on any atom is 0.407 e. The van der Waals surface area contributed by atoms with Gasteiger partial charge >= 0.3 is 6.09 Å². The largest absolute Gasteiger partial charge is 0.444 e. The smallest absolute Gasteiger partial charge is 0.407 e. The summed E-state index contributed by atoms with van der Waals surface area (Å²) in [7, 11) is 0. The predicted molar refractivity (Wildman–Crippen MR) is 198 cm³/mol. The van der Waals surface area contributed by atoms with E-state index < -0.39 is 11.7 Å². The number of rotatable bonds is 9. The molecule has 1 saturated heterocycles. The zero-order chi connectivity index (χ0) is 35.4.